The highest BCUT2D eigenvalue weighted by atomic mass is 32.1. The molecule has 3 rings (SSSR count). The maximum Gasteiger partial charge on any atom is 0.280 e. The van der Waals surface area contributed by atoms with E-state index < -0.39 is 0 Å². The smallest absolute Gasteiger partial charge is 0.280 e. The topological polar surface area (TPSA) is 80.9 Å². The molecule has 3 aromatic rings. The standard InChI is InChI=1S/C15H13FN4O2S/c1-2-12-19-14(22-20-12)11-8-23-15(18-11)13(21)17-7-9-5-3-4-6-10(9)16/h3-6,8H,2,7H2,1H3,(H,17,21). The lowest BCUT2D eigenvalue weighted by Crippen LogP contribution is -2.23. The van der Waals surface area contributed by atoms with E-state index in [1.807, 2.05) is 6.92 Å². The molecule has 0 bridgehead atoms. The molecular formula is C15H13FN4O2S. The highest BCUT2D eigenvalue weighted by Crippen LogP contribution is 2.20. The fraction of sp³-hybridized carbons (Fsp3) is 0.200. The van der Waals surface area contributed by atoms with Gasteiger partial charge in [-0.15, -0.1) is 11.3 Å². The zero-order valence-electron chi connectivity index (χ0n) is 12.2. The molecule has 23 heavy (non-hydrogen) atoms. The zero-order chi connectivity index (χ0) is 16.2. The minimum Gasteiger partial charge on any atom is -0.346 e. The first-order valence-corrected chi connectivity index (χ1v) is 7.85. The van der Waals surface area contributed by atoms with Gasteiger partial charge >= 0.3 is 0 Å². The Hall–Kier alpha value is -2.61. The fourth-order valence-corrected chi connectivity index (χ4v) is 2.58. The first-order valence-electron chi connectivity index (χ1n) is 6.97. The van der Waals surface area contributed by atoms with Crippen molar-refractivity contribution in [3.05, 3.63) is 51.9 Å². The van der Waals surface area contributed by atoms with Crippen molar-refractivity contribution in [3.8, 4) is 11.6 Å². The molecule has 0 radical (unpaired) electrons. The second-order valence-corrected chi connectivity index (χ2v) is 5.54. The normalized spacial score (nSPS) is 10.7. The number of hydrogen-bond acceptors (Lipinski definition) is 6. The van der Waals surface area contributed by atoms with Crippen LogP contribution in [0.2, 0.25) is 0 Å². The number of aryl methyl sites for hydroxylation is 1. The van der Waals surface area contributed by atoms with Crippen molar-refractivity contribution < 1.29 is 13.7 Å². The molecule has 0 fully saturated rings. The van der Waals surface area contributed by atoms with Crippen molar-refractivity contribution in [2.45, 2.75) is 19.9 Å². The number of carbonyl (C=O) groups excluding carboxylic acids is 1. The second kappa shape index (κ2) is 6.66. The van der Waals surface area contributed by atoms with E-state index in [9.17, 15) is 9.18 Å². The average Bonchev–Trinajstić information content (AvgIpc) is 3.22. The number of amides is 1. The Kier molecular flexibility index (Phi) is 4.42. The summed E-state index contributed by atoms with van der Waals surface area (Å²) >= 11 is 1.16. The largest absolute Gasteiger partial charge is 0.346 e. The quantitative estimate of drug-likeness (QED) is 0.777. The van der Waals surface area contributed by atoms with Crippen LogP contribution in [0, 0.1) is 5.82 Å². The van der Waals surface area contributed by atoms with Gasteiger partial charge in [0.1, 0.15) is 11.5 Å². The number of carbonyl (C=O) groups is 1. The molecule has 2 aromatic heterocycles. The SMILES string of the molecule is CCc1noc(-c2csc(C(=O)NCc3ccccc3F)n2)n1. The van der Waals surface area contributed by atoms with Gasteiger partial charge in [-0.2, -0.15) is 4.98 Å². The Morgan fingerprint density at radius 1 is 1.35 bits per heavy atom. The summed E-state index contributed by atoms with van der Waals surface area (Å²) in [7, 11) is 0. The number of nitrogens with one attached hydrogen (secondary N) is 1. The monoisotopic (exact) mass is 332 g/mol. The Bertz CT molecular complexity index is 830. The van der Waals surface area contributed by atoms with Gasteiger partial charge in [-0.25, -0.2) is 9.37 Å². The van der Waals surface area contributed by atoms with E-state index >= 15 is 0 Å². The molecule has 8 heteroatoms. The maximum atomic E-state index is 13.5. The summed E-state index contributed by atoms with van der Waals surface area (Å²) in [5, 5.41) is 8.36. The minimum atomic E-state index is -0.375. The molecule has 0 aliphatic rings. The summed E-state index contributed by atoms with van der Waals surface area (Å²) in [6.07, 6.45) is 0.656. The van der Waals surface area contributed by atoms with Gasteiger partial charge < -0.3 is 9.84 Å². The lowest BCUT2D eigenvalue weighted by Gasteiger charge is -2.04. The Morgan fingerprint density at radius 2 is 2.17 bits per heavy atom. The number of aromatic nitrogens is 3. The molecule has 0 saturated carbocycles. The van der Waals surface area contributed by atoms with E-state index in [-0.39, 0.29) is 29.2 Å². The van der Waals surface area contributed by atoms with E-state index in [1.165, 1.54) is 6.07 Å². The summed E-state index contributed by atoms with van der Waals surface area (Å²) in [6.45, 7) is 2.01. The summed E-state index contributed by atoms with van der Waals surface area (Å²) in [5.41, 5.74) is 0.875. The van der Waals surface area contributed by atoms with Gasteiger partial charge in [-0.05, 0) is 6.07 Å². The Balaban J connectivity index is 1.68. The van der Waals surface area contributed by atoms with Crippen LogP contribution in [0.5, 0.6) is 0 Å². The van der Waals surface area contributed by atoms with Crippen LogP contribution in [-0.2, 0) is 13.0 Å². The van der Waals surface area contributed by atoms with Crippen LogP contribution in [0.25, 0.3) is 11.6 Å². The Labute approximate surface area is 135 Å². The number of halogens is 1. The molecule has 118 valence electrons. The van der Waals surface area contributed by atoms with Crippen molar-refractivity contribution in [1.82, 2.24) is 20.4 Å². The molecule has 0 aliphatic heterocycles. The highest BCUT2D eigenvalue weighted by molar-refractivity contribution is 7.12. The Morgan fingerprint density at radius 3 is 2.91 bits per heavy atom. The number of benzene rings is 1. The third-order valence-electron chi connectivity index (χ3n) is 3.10. The minimum absolute atomic E-state index is 0.0982. The third kappa shape index (κ3) is 3.42. The third-order valence-corrected chi connectivity index (χ3v) is 3.94. The summed E-state index contributed by atoms with van der Waals surface area (Å²) in [4.78, 5) is 20.4. The van der Waals surface area contributed by atoms with Crippen LogP contribution < -0.4 is 5.32 Å². The lowest BCUT2D eigenvalue weighted by molar-refractivity contribution is 0.0950. The maximum absolute atomic E-state index is 13.5. The number of nitrogens with zero attached hydrogens (tertiary/aromatic N) is 3. The van der Waals surface area contributed by atoms with Gasteiger partial charge in [0.05, 0.1) is 0 Å². The van der Waals surface area contributed by atoms with Crippen LogP contribution in [-0.4, -0.2) is 21.0 Å². The van der Waals surface area contributed by atoms with Crippen LogP contribution in [0.4, 0.5) is 4.39 Å². The average molecular weight is 332 g/mol. The predicted molar refractivity (Wildman–Crippen MR) is 82.4 cm³/mol. The van der Waals surface area contributed by atoms with Gasteiger partial charge in [0, 0.05) is 23.9 Å². The lowest BCUT2D eigenvalue weighted by atomic mass is 10.2. The zero-order valence-corrected chi connectivity index (χ0v) is 13.1. The summed E-state index contributed by atoms with van der Waals surface area (Å²) in [6, 6.07) is 6.28. The van der Waals surface area contributed by atoms with Crippen LogP contribution in [0.15, 0.2) is 34.2 Å². The molecule has 1 amide bonds. The number of hydrogen-bond donors (Lipinski definition) is 1. The van der Waals surface area contributed by atoms with Crippen LogP contribution >= 0.6 is 11.3 Å². The van der Waals surface area contributed by atoms with E-state index in [2.05, 4.69) is 20.4 Å². The van der Waals surface area contributed by atoms with E-state index in [0.717, 1.165) is 11.3 Å². The van der Waals surface area contributed by atoms with Crippen molar-refractivity contribution in [2.24, 2.45) is 0 Å². The van der Waals surface area contributed by atoms with E-state index in [4.69, 9.17) is 4.52 Å². The molecular weight excluding hydrogens is 319 g/mol. The second-order valence-electron chi connectivity index (χ2n) is 4.68. The van der Waals surface area contributed by atoms with Gasteiger partial charge in [0.25, 0.3) is 11.8 Å². The fourth-order valence-electron chi connectivity index (χ4n) is 1.87. The first-order chi connectivity index (χ1) is 11.2. The summed E-state index contributed by atoms with van der Waals surface area (Å²) in [5.74, 6) is 0.134. The predicted octanol–water partition coefficient (Wildman–Crippen LogP) is 2.82. The molecule has 0 atom stereocenters. The van der Waals surface area contributed by atoms with Crippen molar-refractivity contribution in [3.63, 3.8) is 0 Å². The van der Waals surface area contributed by atoms with Crippen molar-refractivity contribution >= 4 is 17.2 Å². The van der Waals surface area contributed by atoms with Crippen molar-refractivity contribution in [2.75, 3.05) is 0 Å². The molecule has 1 N–H and O–H groups in total. The van der Waals surface area contributed by atoms with Crippen molar-refractivity contribution in [1.29, 1.82) is 0 Å². The molecule has 6 nitrogen and oxygen atoms in total. The van der Waals surface area contributed by atoms with E-state index in [1.54, 1.807) is 23.6 Å². The molecule has 1 aromatic carbocycles. The van der Waals surface area contributed by atoms with Gasteiger partial charge in [0.2, 0.25) is 0 Å². The van der Waals surface area contributed by atoms with Gasteiger partial charge in [0.15, 0.2) is 10.8 Å². The molecule has 0 aliphatic carbocycles. The number of rotatable bonds is 5. The van der Waals surface area contributed by atoms with E-state index in [0.29, 0.717) is 23.5 Å². The first kappa shape index (κ1) is 15.3. The van der Waals surface area contributed by atoms with Crippen LogP contribution in [0.1, 0.15) is 28.1 Å². The van der Waals surface area contributed by atoms with Gasteiger partial charge in [-0.1, -0.05) is 30.3 Å². The summed E-state index contributed by atoms with van der Waals surface area (Å²) < 4.78 is 18.6. The molecule has 0 unspecified atom stereocenters. The van der Waals surface area contributed by atoms with Gasteiger partial charge in [-0.3, -0.25) is 4.79 Å². The van der Waals surface area contributed by atoms with Crippen LogP contribution in [0.3, 0.4) is 0 Å². The molecule has 0 spiro atoms. The highest BCUT2D eigenvalue weighted by Gasteiger charge is 2.16. The molecule has 0 saturated heterocycles. The number of thiazole rings is 1. The molecule has 2 heterocycles.